The van der Waals surface area contributed by atoms with Crippen molar-refractivity contribution in [3.8, 4) is 0 Å². The van der Waals surface area contributed by atoms with E-state index < -0.39 is 16.1 Å². The molecule has 1 saturated carbocycles. The minimum atomic E-state index is -3.88. The molecule has 0 aliphatic heterocycles. The van der Waals surface area contributed by atoms with Crippen LogP contribution in [0.2, 0.25) is 0 Å². The predicted molar refractivity (Wildman–Crippen MR) is 92.1 cm³/mol. The summed E-state index contributed by atoms with van der Waals surface area (Å²) in [6, 6.07) is 3.98. The average molecular weight is 368 g/mol. The van der Waals surface area contributed by atoms with Crippen LogP contribution in [0.5, 0.6) is 0 Å². The summed E-state index contributed by atoms with van der Waals surface area (Å²) in [4.78, 5) is 12.4. The van der Waals surface area contributed by atoms with Crippen LogP contribution in [0.4, 0.5) is 0 Å². The third kappa shape index (κ3) is 3.73. The number of carbonyl (C=O) groups is 1. The number of hydrogen-bond donors (Lipinski definition) is 2. The Kier molecular flexibility index (Phi) is 4.84. The van der Waals surface area contributed by atoms with E-state index in [1.165, 1.54) is 6.07 Å². The first-order valence-electron chi connectivity index (χ1n) is 7.90. The Morgan fingerprint density at radius 3 is 2.75 bits per heavy atom. The Morgan fingerprint density at radius 1 is 1.33 bits per heavy atom. The number of amides is 1. The molecule has 1 fully saturated rings. The summed E-state index contributed by atoms with van der Waals surface area (Å²) in [6.07, 6.45) is 2.24. The maximum Gasteiger partial charge on any atom is 0.243 e. The van der Waals surface area contributed by atoms with Crippen LogP contribution >= 0.6 is 11.7 Å². The van der Waals surface area contributed by atoms with Crippen LogP contribution in [-0.4, -0.2) is 35.7 Å². The van der Waals surface area contributed by atoms with E-state index in [0.29, 0.717) is 23.5 Å². The number of benzene rings is 1. The van der Waals surface area contributed by atoms with Crippen LogP contribution in [0.15, 0.2) is 23.1 Å². The van der Waals surface area contributed by atoms with E-state index in [1.54, 1.807) is 12.1 Å². The molecule has 1 unspecified atom stereocenters. The van der Waals surface area contributed by atoms with Gasteiger partial charge in [-0.05, 0) is 36.8 Å². The number of fused-ring (bicyclic) bond motifs is 1. The summed E-state index contributed by atoms with van der Waals surface area (Å²) >= 11 is 0.961. The van der Waals surface area contributed by atoms with E-state index in [-0.39, 0.29) is 16.7 Å². The van der Waals surface area contributed by atoms with Gasteiger partial charge in [0.1, 0.15) is 22.0 Å². The van der Waals surface area contributed by atoms with Crippen molar-refractivity contribution in [1.29, 1.82) is 0 Å². The van der Waals surface area contributed by atoms with Crippen LogP contribution in [0.25, 0.3) is 11.0 Å². The fraction of sp³-hybridized carbons (Fsp3) is 0.533. The molecule has 130 valence electrons. The molecule has 0 spiro atoms. The molecular weight excluding hydrogens is 348 g/mol. The number of nitrogens with zero attached hydrogens (tertiary/aromatic N) is 2. The van der Waals surface area contributed by atoms with Gasteiger partial charge in [-0.3, -0.25) is 4.79 Å². The van der Waals surface area contributed by atoms with Gasteiger partial charge in [0.05, 0.1) is 11.7 Å². The molecule has 7 nitrogen and oxygen atoms in total. The predicted octanol–water partition coefficient (Wildman–Crippen LogP) is 1.52. The van der Waals surface area contributed by atoms with Gasteiger partial charge < -0.3 is 5.32 Å². The highest BCUT2D eigenvalue weighted by molar-refractivity contribution is 7.89. The molecule has 2 aromatic rings. The van der Waals surface area contributed by atoms with Gasteiger partial charge in [0.25, 0.3) is 0 Å². The van der Waals surface area contributed by atoms with Gasteiger partial charge in [-0.1, -0.05) is 19.9 Å². The van der Waals surface area contributed by atoms with E-state index >= 15 is 0 Å². The molecule has 9 heteroatoms. The second-order valence-electron chi connectivity index (χ2n) is 6.42. The second-order valence-corrected chi connectivity index (χ2v) is 8.63. The Morgan fingerprint density at radius 2 is 2.08 bits per heavy atom. The quantitative estimate of drug-likeness (QED) is 0.772. The summed E-state index contributed by atoms with van der Waals surface area (Å²) in [5, 5.41) is 2.84. The fourth-order valence-electron chi connectivity index (χ4n) is 2.40. The molecule has 3 rings (SSSR count). The zero-order valence-corrected chi connectivity index (χ0v) is 15.2. The third-order valence-electron chi connectivity index (χ3n) is 4.03. The standard InChI is InChI=1S/C15H20N4O3S2/c1-9(2)13(15(20)16-8-10-6-7-10)19-24(21,22)12-5-3-4-11-14(12)18-23-17-11/h3-5,9-10,13,19H,6-8H2,1-2H3,(H,16,20). The van der Waals surface area contributed by atoms with E-state index in [9.17, 15) is 13.2 Å². The average Bonchev–Trinajstić information content (AvgIpc) is 3.24. The normalized spacial score (nSPS) is 16.5. The molecule has 1 aliphatic carbocycles. The van der Waals surface area contributed by atoms with E-state index in [0.717, 1.165) is 24.6 Å². The lowest BCUT2D eigenvalue weighted by Gasteiger charge is -2.21. The summed E-state index contributed by atoms with van der Waals surface area (Å²) in [5.41, 5.74) is 0.859. The minimum Gasteiger partial charge on any atom is -0.354 e. The van der Waals surface area contributed by atoms with Gasteiger partial charge >= 0.3 is 0 Å². The van der Waals surface area contributed by atoms with Crippen molar-refractivity contribution in [2.75, 3.05) is 6.54 Å². The number of rotatable bonds is 7. The van der Waals surface area contributed by atoms with Crippen LogP contribution < -0.4 is 10.0 Å². The molecule has 1 heterocycles. The van der Waals surface area contributed by atoms with E-state index in [2.05, 4.69) is 18.8 Å². The molecule has 24 heavy (non-hydrogen) atoms. The number of aromatic nitrogens is 2. The molecule has 1 amide bonds. The Balaban J connectivity index is 1.82. The summed E-state index contributed by atoms with van der Waals surface area (Å²) in [6.45, 7) is 4.24. The third-order valence-corrected chi connectivity index (χ3v) is 6.05. The van der Waals surface area contributed by atoms with Crippen molar-refractivity contribution in [2.45, 2.75) is 37.6 Å². The molecule has 1 aromatic carbocycles. The lowest BCUT2D eigenvalue weighted by atomic mass is 10.1. The van der Waals surface area contributed by atoms with Gasteiger partial charge in [0, 0.05) is 6.54 Å². The van der Waals surface area contributed by atoms with E-state index in [1.807, 2.05) is 13.8 Å². The van der Waals surface area contributed by atoms with Crippen molar-refractivity contribution in [3.63, 3.8) is 0 Å². The van der Waals surface area contributed by atoms with Crippen LogP contribution in [-0.2, 0) is 14.8 Å². The van der Waals surface area contributed by atoms with Crippen molar-refractivity contribution in [1.82, 2.24) is 18.8 Å². The first-order chi connectivity index (χ1) is 11.4. The summed E-state index contributed by atoms with van der Waals surface area (Å²) < 4.78 is 36.2. The highest BCUT2D eigenvalue weighted by Gasteiger charge is 2.31. The fourth-order valence-corrected chi connectivity index (χ4v) is 4.51. The van der Waals surface area contributed by atoms with E-state index in [4.69, 9.17) is 0 Å². The lowest BCUT2D eigenvalue weighted by molar-refractivity contribution is -0.123. The number of hydrogen-bond acceptors (Lipinski definition) is 6. The highest BCUT2D eigenvalue weighted by Crippen LogP contribution is 2.27. The first kappa shape index (κ1) is 17.2. The largest absolute Gasteiger partial charge is 0.354 e. The molecule has 0 bridgehead atoms. The summed E-state index contributed by atoms with van der Waals surface area (Å²) in [7, 11) is -3.88. The van der Waals surface area contributed by atoms with Crippen LogP contribution in [0.3, 0.4) is 0 Å². The maximum atomic E-state index is 12.8. The number of nitrogens with one attached hydrogen (secondary N) is 2. The van der Waals surface area contributed by atoms with Crippen LogP contribution in [0.1, 0.15) is 26.7 Å². The van der Waals surface area contributed by atoms with Crippen molar-refractivity contribution < 1.29 is 13.2 Å². The molecule has 0 radical (unpaired) electrons. The molecule has 1 aliphatic rings. The first-order valence-corrected chi connectivity index (χ1v) is 10.1. The Hall–Kier alpha value is -1.58. The smallest absolute Gasteiger partial charge is 0.243 e. The maximum absolute atomic E-state index is 12.8. The molecule has 1 aromatic heterocycles. The monoisotopic (exact) mass is 368 g/mol. The van der Waals surface area contributed by atoms with Crippen molar-refractivity contribution in [3.05, 3.63) is 18.2 Å². The van der Waals surface area contributed by atoms with Gasteiger partial charge in [0.2, 0.25) is 15.9 Å². The topological polar surface area (TPSA) is 101 Å². The number of sulfonamides is 1. The molecule has 0 saturated heterocycles. The molecule has 2 N–H and O–H groups in total. The zero-order valence-electron chi connectivity index (χ0n) is 13.5. The lowest BCUT2D eigenvalue weighted by Crippen LogP contribution is -2.50. The van der Waals surface area contributed by atoms with Crippen LogP contribution in [0, 0.1) is 11.8 Å². The molecule has 1 atom stereocenters. The SMILES string of the molecule is CC(C)C(NS(=O)(=O)c1cccc2nsnc12)C(=O)NCC1CC1. The van der Waals surface area contributed by atoms with Gasteiger partial charge in [-0.2, -0.15) is 13.5 Å². The Bertz CT molecular complexity index is 843. The zero-order chi connectivity index (χ0) is 17.3. The highest BCUT2D eigenvalue weighted by atomic mass is 32.2. The van der Waals surface area contributed by atoms with Gasteiger partial charge in [-0.15, -0.1) is 0 Å². The van der Waals surface area contributed by atoms with Crippen molar-refractivity contribution >= 4 is 38.7 Å². The Labute approximate surface area is 145 Å². The molecular formula is C15H20N4O3S2. The minimum absolute atomic E-state index is 0.0504. The van der Waals surface area contributed by atoms with Gasteiger partial charge in [-0.25, -0.2) is 8.42 Å². The second kappa shape index (κ2) is 6.73. The number of carbonyl (C=O) groups excluding carboxylic acids is 1. The van der Waals surface area contributed by atoms with Crippen molar-refractivity contribution in [2.24, 2.45) is 11.8 Å². The van der Waals surface area contributed by atoms with Gasteiger partial charge in [0.15, 0.2) is 0 Å². The summed E-state index contributed by atoms with van der Waals surface area (Å²) in [5.74, 6) is 0.0731.